The Kier molecular flexibility index (Phi) is 5.19. The van der Waals surface area contributed by atoms with Gasteiger partial charge in [-0.25, -0.2) is 0 Å². The number of ether oxygens (including phenoxy) is 1. The molecule has 0 fully saturated rings. The van der Waals surface area contributed by atoms with Crippen LogP contribution in [-0.2, 0) is 6.54 Å². The van der Waals surface area contributed by atoms with Crippen molar-refractivity contribution in [1.82, 2.24) is 15.1 Å². The summed E-state index contributed by atoms with van der Waals surface area (Å²) in [6.45, 7) is 0.451. The molecule has 0 radical (unpaired) electrons. The zero-order chi connectivity index (χ0) is 21.1. The van der Waals surface area contributed by atoms with Crippen molar-refractivity contribution in [2.75, 3.05) is 14.2 Å². The summed E-state index contributed by atoms with van der Waals surface area (Å²) in [6, 6.07) is 20.7. The highest BCUT2D eigenvalue weighted by molar-refractivity contribution is 5.95. The first-order valence-electron chi connectivity index (χ1n) is 9.45. The normalized spacial score (nSPS) is 10.6. The minimum absolute atomic E-state index is 0.109. The zero-order valence-corrected chi connectivity index (χ0v) is 16.7. The smallest absolute Gasteiger partial charge is 0.254 e. The van der Waals surface area contributed by atoms with Crippen LogP contribution < -0.4 is 4.74 Å². The van der Waals surface area contributed by atoms with E-state index in [1.54, 1.807) is 49.5 Å². The summed E-state index contributed by atoms with van der Waals surface area (Å²) >= 11 is 0. The Morgan fingerprint density at radius 1 is 1.17 bits per heavy atom. The quantitative estimate of drug-likeness (QED) is 0.543. The second kappa shape index (κ2) is 8.10. The largest absolute Gasteiger partial charge is 0.496 e. The number of H-pyrrole nitrogens is 1. The highest BCUT2D eigenvalue weighted by Crippen LogP contribution is 2.32. The molecule has 1 amide bonds. The van der Waals surface area contributed by atoms with Crippen molar-refractivity contribution in [3.05, 3.63) is 83.6 Å². The van der Waals surface area contributed by atoms with Gasteiger partial charge in [-0.05, 0) is 41.5 Å². The number of aromatic nitrogens is 2. The number of benzene rings is 3. The van der Waals surface area contributed by atoms with Gasteiger partial charge in [0.05, 0.1) is 30.5 Å². The van der Waals surface area contributed by atoms with E-state index in [1.807, 2.05) is 36.4 Å². The van der Waals surface area contributed by atoms with Crippen LogP contribution in [0.15, 0.2) is 66.9 Å². The number of para-hydroxylation sites is 1. The van der Waals surface area contributed by atoms with Crippen LogP contribution in [0.25, 0.3) is 22.0 Å². The number of nitrogens with one attached hydrogen (secondary N) is 1. The van der Waals surface area contributed by atoms with Gasteiger partial charge < -0.3 is 9.64 Å². The summed E-state index contributed by atoms with van der Waals surface area (Å²) in [4.78, 5) is 14.7. The highest BCUT2D eigenvalue weighted by Gasteiger charge is 2.17. The van der Waals surface area contributed by atoms with Gasteiger partial charge in [-0.2, -0.15) is 10.4 Å². The van der Waals surface area contributed by atoms with Crippen molar-refractivity contribution >= 4 is 16.8 Å². The monoisotopic (exact) mass is 396 g/mol. The van der Waals surface area contributed by atoms with Gasteiger partial charge in [0.15, 0.2) is 0 Å². The van der Waals surface area contributed by atoms with E-state index in [9.17, 15) is 4.79 Å². The van der Waals surface area contributed by atoms with Gasteiger partial charge in [-0.1, -0.05) is 30.3 Å². The van der Waals surface area contributed by atoms with Gasteiger partial charge in [0.1, 0.15) is 5.75 Å². The van der Waals surface area contributed by atoms with Gasteiger partial charge in [0.25, 0.3) is 5.91 Å². The molecule has 1 N–H and O–H groups in total. The lowest BCUT2D eigenvalue weighted by molar-refractivity contribution is 0.0785. The number of amides is 1. The van der Waals surface area contributed by atoms with Crippen LogP contribution in [0.4, 0.5) is 0 Å². The van der Waals surface area contributed by atoms with E-state index in [0.29, 0.717) is 23.4 Å². The molecule has 4 rings (SSSR count). The number of aromatic amines is 1. The average Bonchev–Trinajstić information content (AvgIpc) is 3.28. The minimum Gasteiger partial charge on any atom is -0.496 e. The average molecular weight is 396 g/mol. The molecule has 6 nitrogen and oxygen atoms in total. The van der Waals surface area contributed by atoms with Gasteiger partial charge >= 0.3 is 0 Å². The molecule has 148 valence electrons. The van der Waals surface area contributed by atoms with Crippen LogP contribution in [0.3, 0.4) is 0 Å². The molecule has 1 heterocycles. The third-order valence-corrected chi connectivity index (χ3v) is 5.07. The van der Waals surface area contributed by atoms with E-state index in [-0.39, 0.29) is 5.91 Å². The number of methoxy groups -OCH3 is 1. The van der Waals surface area contributed by atoms with E-state index in [1.165, 1.54) is 0 Å². The molecule has 0 spiro atoms. The van der Waals surface area contributed by atoms with Gasteiger partial charge in [-0.15, -0.1) is 0 Å². The minimum atomic E-state index is -0.109. The van der Waals surface area contributed by atoms with E-state index >= 15 is 0 Å². The second-order valence-corrected chi connectivity index (χ2v) is 7.02. The molecule has 1 aromatic heterocycles. The van der Waals surface area contributed by atoms with Crippen LogP contribution in [0, 0.1) is 11.3 Å². The number of hydrogen-bond acceptors (Lipinski definition) is 4. The summed E-state index contributed by atoms with van der Waals surface area (Å²) < 4.78 is 5.54. The lowest BCUT2D eigenvalue weighted by Crippen LogP contribution is -2.26. The zero-order valence-electron chi connectivity index (χ0n) is 16.7. The van der Waals surface area contributed by atoms with Crippen LogP contribution in [0.1, 0.15) is 21.5 Å². The number of hydrogen-bond donors (Lipinski definition) is 1. The van der Waals surface area contributed by atoms with E-state index in [0.717, 1.165) is 27.6 Å². The van der Waals surface area contributed by atoms with Crippen molar-refractivity contribution < 1.29 is 9.53 Å². The molecule has 3 aromatic carbocycles. The molecular weight excluding hydrogens is 376 g/mol. The van der Waals surface area contributed by atoms with E-state index < -0.39 is 0 Å². The summed E-state index contributed by atoms with van der Waals surface area (Å²) in [7, 11) is 3.35. The summed E-state index contributed by atoms with van der Waals surface area (Å²) in [5, 5.41) is 17.2. The van der Waals surface area contributed by atoms with Gasteiger partial charge in [0.2, 0.25) is 0 Å². The summed E-state index contributed by atoms with van der Waals surface area (Å²) in [5.41, 5.74) is 4.73. The highest BCUT2D eigenvalue weighted by atomic mass is 16.5. The van der Waals surface area contributed by atoms with Crippen molar-refractivity contribution in [2.45, 2.75) is 6.54 Å². The molecule has 0 aliphatic carbocycles. The standard InChI is InChI=1S/C24H20N4O2/c1-28(15-20-8-4-7-19-14-26-27-23(19)20)24(29)18-9-10-21(22(12-18)30-2)17-6-3-5-16(11-17)13-25/h3-12,14H,15H2,1-2H3,(H,26,27). The maximum atomic E-state index is 13.0. The van der Waals surface area contributed by atoms with Crippen molar-refractivity contribution in [3.8, 4) is 22.9 Å². The molecule has 4 aromatic rings. The number of fused-ring (bicyclic) bond motifs is 1. The Bertz CT molecular complexity index is 1270. The molecular formula is C24H20N4O2. The van der Waals surface area contributed by atoms with Crippen LogP contribution in [0.5, 0.6) is 5.75 Å². The first kappa shape index (κ1) is 19.2. The SMILES string of the molecule is COc1cc(C(=O)N(C)Cc2cccc3cn[nH]c23)ccc1-c1cccc(C#N)c1. The number of rotatable bonds is 5. The molecule has 0 aliphatic rings. The Morgan fingerprint density at radius 2 is 2.00 bits per heavy atom. The number of nitriles is 1. The Balaban J connectivity index is 1.61. The lowest BCUT2D eigenvalue weighted by atomic mass is 10.0. The molecule has 0 atom stereocenters. The van der Waals surface area contributed by atoms with Crippen LogP contribution in [0.2, 0.25) is 0 Å². The molecule has 0 saturated carbocycles. The van der Waals surface area contributed by atoms with Crippen LogP contribution in [-0.4, -0.2) is 35.2 Å². The number of carbonyl (C=O) groups is 1. The van der Waals surface area contributed by atoms with Crippen molar-refractivity contribution in [1.29, 1.82) is 5.26 Å². The fraction of sp³-hybridized carbons (Fsp3) is 0.125. The van der Waals surface area contributed by atoms with Gasteiger partial charge in [-0.3, -0.25) is 9.89 Å². The molecule has 0 aliphatic heterocycles. The van der Waals surface area contributed by atoms with Gasteiger partial charge in [0, 0.05) is 30.1 Å². The first-order chi connectivity index (χ1) is 14.6. The summed E-state index contributed by atoms with van der Waals surface area (Å²) in [6.07, 6.45) is 1.77. The molecule has 0 unspecified atom stereocenters. The molecule has 30 heavy (non-hydrogen) atoms. The Labute approximate surface area is 174 Å². The molecule has 6 heteroatoms. The Morgan fingerprint density at radius 3 is 2.80 bits per heavy atom. The van der Waals surface area contributed by atoms with E-state index in [2.05, 4.69) is 16.3 Å². The fourth-order valence-corrected chi connectivity index (χ4v) is 3.53. The van der Waals surface area contributed by atoms with E-state index in [4.69, 9.17) is 10.00 Å². The molecule has 0 bridgehead atoms. The van der Waals surface area contributed by atoms with Crippen molar-refractivity contribution in [2.24, 2.45) is 0 Å². The van der Waals surface area contributed by atoms with Crippen molar-refractivity contribution in [3.63, 3.8) is 0 Å². The summed E-state index contributed by atoms with van der Waals surface area (Å²) in [5.74, 6) is 0.474. The number of nitrogens with zero attached hydrogens (tertiary/aromatic N) is 3. The topological polar surface area (TPSA) is 82.0 Å². The number of carbonyl (C=O) groups excluding carboxylic acids is 1. The fourth-order valence-electron chi connectivity index (χ4n) is 3.53. The first-order valence-corrected chi connectivity index (χ1v) is 9.45. The lowest BCUT2D eigenvalue weighted by Gasteiger charge is -2.19. The maximum Gasteiger partial charge on any atom is 0.254 e. The second-order valence-electron chi connectivity index (χ2n) is 7.02. The third kappa shape index (κ3) is 3.61. The maximum absolute atomic E-state index is 13.0. The Hall–Kier alpha value is -4.11. The molecule has 0 saturated heterocycles. The third-order valence-electron chi connectivity index (χ3n) is 5.07. The van der Waals surface area contributed by atoms with Crippen LogP contribution >= 0.6 is 0 Å². The predicted molar refractivity (Wildman–Crippen MR) is 115 cm³/mol. The predicted octanol–water partition coefficient (Wildman–Crippen LogP) is 4.38.